The maximum atomic E-state index is 13.2. The van der Waals surface area contributed by atoms with Gasteiger partial charge in [-0.05, 0) is 48.5 Å². The molecule has 0 saturated heterocycles. The van der Waals surface area contributed by atoms with Gasteiger partial charge in [0.05, 0.1) is 39.0 Å². The Hall–Kier alpha value is -6.01. The van der Waals surface area contributed by atoms with E-state index in [0.717, 1.165) is 55.2 Å². The topological polar surface area (TPSA) is 77.9 Å². The standard InChI is InChI=1S/C37H22N4O2/c42-37(43-28-10-2-1-3-11-28)30-22-27-16-18-32(41-35(27)36-29(30)12-6-20-39-36)26-8-4-7-25(21-26)31-17-15-24-14-13-23-9-5-19-38-33(23)34(24)40-31/h1-22H. The van der Waals surface area contributed by atoms with Crippen molar-refractivity contribution in [2.24, 2.45) is 0 Å². The molecule has 4 aromatic carbocycles. The third-order valence-corrected chi connectivity index (χ3v) is 7.61. The molecule has 202 valence electrons. The molecule has 0 unspecified atom stereocenters. The van der Waals surface area contributed by atoms with E-state index < -0.39 is 5.97 Å². The Kier molecular flexibility index (Phi) is 5.83. The lowest BCUT2D eigenvalue weighted by molar-refractivity contribution is 0.0737. The number of para-hydroxylation sites is 1. The van der Waals surface area contributed by atoms with Crippen LogP contribution in [0.15, 0.2) is 134 Å². The Morgan fingerprint density at radius 3 is 1.91 bits per heavy atom. The SMILES string of the molecule is O=C(Oc1ccccc1)c1cc2ccc(-c3cccc(-c4ccc5ccc6cccnc6c5n4)c3)nc2c2ncccc12. The zero-order valence-corrected chi connectivity index (χ0v) is 22.8. The molecule has 6 nitrogen and oxygen atoms in total. The molecule has 0 aliphatic rings. The van der Waals surface area contributed by atoms with Gasteiger partial charge in [-0.25, -0.2) is 14.8 Å². The largest absolute Gasteiger partial charge is 0.423 e. The third kappa shape index (κ3) is 4.42. The van der Waals surface area contributed by atoms with E-state index >= 15 is 0 Å². The fourth-order valence-corrected chi connectivity index (χ4v) is 5.52. The van der Waals surface area contributed by atoms with Crippen LogP contribution in [0.2, 0.25) is 0 Å². The molecule has 8 aromatic rings. The minimum Gasteiger partial charge on any atom is -0.423 e. The van der Waals surface area contributed by atoms with Gasteiger partial charge in [0.15, 0.2) is 0 Å². The second-order valence-electron chi connectivity index (χ2n) is 10.3. The molecule has 0 saturated carbocycles. The number of benzene rings is 4. The molecule has 0 fully saturated rings. The molecular formula is C37H22N4O2. The van der Waals surface area contributed by atoms with Crippen molar-refractivity contribution < 1.29 is 9.53 Å². The van der Waals surface area contributed by atoms with Gasteiger partial charge in [0, 0.05) is 45.1 Å². The first-order valence-corrected chi connectivity index (χ1v) is 13.9. The number of carbonyl (C=O) groups excluding carboxylic acids is 1. The molecule has 6 heteroatoms. The number of aromatic nitrogens is 4. The number of ether oxygens (including phenoxy) is 1. The summed E-state index contributed by atoms with van der Waals surface area (Å²) in [6, 6.07) is 39.0. The fraction of sp³-hybridized carbons (Fsp3) is 0. The lowest BCUT2D eigenvalue weighted by atomic mass is 10.0. The number of pyridine rings is 4. The van der Waals surface area contributed by atoms with Gasteiger partial charge < -0.3 is 4.74 Å². The number of hydrogen-bond acceptors (Lipinski definition) is 6. The van der Waals surface area contributed by atoms with E-state index in [1.165, 1.54) is 0 Å². The first-order chi connectivity index (χ1) is 21.2. The van der Waals surface area contributed by atoms with Crippen LogP contribution in [-0.2, 0) is 0 Å². The Morgan fingerprint density at radius 1 is 0.512 bits per heavy atom. The Bertz CT molecular complexity index is 2350. The monoisotopic (exact) mass is 554 g/mol. The molecule has 0 bridgehead atoms. The quantitative estimate of drug-likeness (QED) is 0.123. The summed E-state index contributed by atoms with van der Waals surface area (Å²) >= 11 is 0. The highest BCUT2D eigenvalue weighted by molar-refractivity contribution is 6.14. The maximum absolute atomic E-state index is 13.2. The van der Waals surface area contributed by atoms with Crippen molar-refractivity contribution in [1.29, 1.82) is 0 Å². The van der Waals surface area contributed by atoms with Crippen LogP contribution in [0.4, 0.5) is 0 Å². The first-order valence-electron chi connectivity index (χ1n) is 13.9. The van der Waals surface area contributed by atoms with Crippen LogP contribution in [0.1, 0.15) is 10.4 Å². The lowest BCUT2D eigenvalue weighted by Gasteiger charge is -2.11. The molecule has 0 spiro atoms. The van der Waals surface area contributed by atoms with Crippen LogP contribution in [0.5, 0.6) is 5.75 Å². The lowest BCUT2D eigenvalue weighted by Crippen LogP contribution is -2.09. The zero-order valence-electron chi connectivity index (χ0n) is 22.8. The van der Waals surface area contributed by atoms with Gasteiger partial charge in [-0.15, -0.1) is 0 Å². The molecule has 4 aromatic heterocycles. The number of carbonyl (C=O) groups is 1. The molecule has 0 amide bonds. The highest BCUT2D eigenvalue weighted by atomic mass is 16.5. The summed E-state index contributed by atoms with van der Waals surface area (Å²) < 4.78 is 5.66. The van der Waals surface area contributed by atoms with Crippen molar-refractivity contribution in [3.63, 3.8) is 0 Å². The van der Waals surface area contributed by atoms with Crippen LogP contribution in [0.3, 0.4) is 0 Å². The van der Waals surface area contributed by atoms with Crippen molar-refractivity contribution in [1.82, 2.24) is 19.9 Å². The van der Waals surface area contributed by atoms with Crippen molar-refractivity contribution in [2.45, 2.75) is 0 Å². The molecule has 4 heterocycles. The Labute approximate surface area is 246 Å². The van der Waals surface area contributed by atoms with Crippen molar-refractivity contribution in [3.05, 3.63) is 139 Å². The van der Waals surface area contributed by atoms with Crippen LogP contribution in [0, 0.1) is 0 Å². The summed E-state index contributed by atoms with van der Waals surface area (Å²) in [7, 11) is 0. The highest BCUT2D eigenvalue weighted by Gasteiger charge is 2.17. The molecule has 0 aliphatic carbocycles. The average molecular weight is 555 g/mol. The van der Waals surface area contributed by atoms with Gasteiger partial charge in [-0.2, -0.15) is 0 Å². The number of nitrogens with zero attached hydrogens (tertiary/aromatic N) is 4. The van der Waals surface area contributed by atoms with E-state index in [2.05, 4.69) is 46.4 Å². The van der Waals surface area contributed by atoms with E-state index in [9.17, 15) is 4.79 Å². The summed E-state index contributed by atoms with van der Waals surface area (Å²) in [4.78, 5) is 32.5. The number of hydrogen-bond donors (Lipinski definition) is 0. The molecule has 43 heavy (non-hydrogen) atoms. The first kappa shape index (κ1) is 24.8. The number of rotatable bonds is 4. The molecule has 0 atom stereocenters. The van der Waals surface area contributed by atoms with Crippen molar-refractivity contribution in [2.75, 3.05) is 0 Å². The molecule has 0 N–H and O–H groups in total. The van der Waals surface area contributed by atoms with Crippen molar-refractivity contribution >= 4 is 49.6 Å². The van der Waals surface area contributed by atoms with E-state index in [0.29, 0.717) is 22.2 Å². The second kappa shape index (κ2) is 10.1. The van der Waals surface area contributed by atoms with Crippen LogP contribution in [0.25, 0.3) is 66.1 Å². The van der Waals surface area contributed by atoms with E-state index in [1.807, 2.05) is 72.8 Å². The smallest absolute Gasteiger partial charge is 0.344 e. The summed E-state index contributed by atoms with van der Waals surface area (Å²) in [6.45, 7) is 0. The normalized spacial score (nSPS) is 11.3. The fourth-order valence-electron chi connectivity index (χ4n) is 5.52. The minimum atomic E-state index is -0.436. The number of esters is 1. The Balaban J connectivity index is 1.21. The van der Waals surface area contributed by atoms with Gasteiger partial charge in [0.1, 0.15) is 5.75 Å². The molecule has 0 radical (unpaired) electrons. The van der Waals surface area contributed by atoms with Gasteiger partial charge in [-0.3, -0.25) is 9.97 Å². The van der Waals surface area contributed by atoms with E-state index in [1.54, 1.807) is 24.5 Å². The van der Waals surface area contributed by atoms with Crippen LogP contribution < -0.4 is 4.74 Å². The third-order valence-electron chi connectivity index (χ3n) is 7.61. The number of fused-ring (bicyclic) bond motifs is 6. The molecule has 8 rings (SSSR count). The van der Waals surface area contributed by atoms with Gasteiger partial charge in [0.25, 0.3) is 0 Å². The van der Waals surface area contributed by atoms with Crippen LogP contribution in [-0.4, -0.2) is 25.9 Å². The molecule has 0 aliphatic heterocycles. The van der Waals surface area contributed by atoms with Crippen molar-refractivity contribution in [3.8, 4) is 28.3 Å². The summed E-state index contributed by atoms with van der Waals surface area (Å²) in [5, 5.41) is 3.61. The summed E-state index contributed by atoms with van der Waals surface area (Å²) in [5.41, 5.74) is 7.18. The maximum Gasteiger partial charge on any atom is 0.344 e. The predicted octanol–water partition coefficient (Wildman–Crippen LogP) is 8.43. The summed E-state index contributed by atoms with van der Waals surface area (Å²) in [5.74, 6) is 0.0529. The van der Waals surface area contributed by atoms with Gasteiger partial charge in [0.2, 0.25) is 0 Å². The highest BCUT2D eigenvalue weighted by Crippen LogP contribution is 2.32. The van der Waals surface area contributed by atoms with Crippen LogP contribution >= 0.6 is 0 Å². The average Bonchev–Trinajstić information content (AvgIpc) is 3.08. The minimum absolute atomic E-state index is 0.436. The van der Waals surface area contributed by atoms with E-state index in [4.69, 9.17) is 14.7 Å². The predicted molar refractivity (Wildman–Crippen MR) is 170 cm³/mol. The van der Waals surface area contributed by atoms with Gasteiger partial charge >= 0.3 is 5.97 Å². The summed E-state index contributed by atoms with van der Waals surface area (Å²) in [6.07, 6.45) is 3.52. The second-order valence-corrected chi connectivity index (χ2v) is 10.3. The molecular weight excluding hydrogens is 532 g/mol. The van der Waals surface area contributed by atoms with Gasteiger partial charge in [-0.1, -0.05) is 72.8 Å². The zero-order chi connectivity index (χ0) is 28.8. The Morgan fingerprint density at radius 2 is 1.14 bits per heavy atom. The van der Waals surface area contributed by atoms with E-state index in [-0.39, 0.29) is 0 Å².